The van der Waals surface area contributed by atoms with Crippen molar-refractivity contribution in [3.63, 3.8) is 0 Å². The highest BCUT2D eigenvalue weighted by atomic mass is 16.1. The fourth-order valence-electron chi connectivity index (χ4n) is 3.99. The lowest BCUT2D eigenvalue weighted by atomic mass is 9.91. The maximum absolute atomic E-state index is 12.4. The largest absolute Gasteiger partial charge is 0.354 e. The Kier molecular flexibility index (Phi) is 6.00. The van der Waals surface area contributed by atoms with E-state index in [4.69, 9.17) is 5.10 Å². The summed E-state index contributed by atoms with van der Waals surface area (Å²) in [5, 5.41) is 11.1. The number of aryl methyl sites for hydroxylation is 2. The van der Waals surface area contributed by atoms with Gasteiger partial charge >= 0.3 is 0 Å². The molecule has 0 fully saturated rings. The molecule has 1 unspecified atom stereocenters. The summed E-state index contributed by atoms with van der Waals surface area (Å²) < 4.78 is 2.05. The summed E-state index contributed by atoms with van der Waals surface area (Å²) in [5.74, 6) is -0.102. The molecule has 6 heteroatoms. The number of carbonyl (C=O) groups is 1. The van der Waals surface area contributed by atoms with Crippen LogP contribution < -0.4 is 10.6 Å². The topological polar surface area (TPSA) is 71.8 Å². The molecule has 1 aromatic carbocycles. The lowest BCUT2D eigenvalue weighted by Crippen LogP contribution is -2.35. The minimum Gasteiger partial charge on any atom is -0.354 e. The van der Waals surface area contributed by atoms with Crippen LogP contribution in [0.3, 0.4) is 0 Å². The number of rotatable bonds is 7. The van der Waals surface area contributed by atoms with Crippen LogP contribution in [0.15, 0.2) is 54.9 Å². The zero-order chi connectivity index (χ0) is 20.1. The minimum absolute atomic E-state index is 0.102. The molecule has 0 bridgehead atoms. The van der Waals surface area contributed by atoms with Gasteiger partial charge in [0.05, 0.1) is 0 Å². The lowest BCUT2D eigenvalue weighted by Gasteiger charge is -2.24. The van der Waals surface area contributed by atoms with Crippen molar-refractivity contribution in [3.8, 4) is 0 Å². The second-order valence-corrected chi connectivity index (χ2v) is 7.49. The van der Waals surface area contributed by atoms with Crippen molar-refractivity contribution < 1.29 is 4.79 Å². The summed E-state index contributed by atoms with van der Waals surface area (Å²) in [7, 11) is 1.67. The monoisotopic (exact) mass is 389 g/mol. The summed E-state index contributed by atoms with van der Waals surface area (Å²) in [6.07, 6.45) is 7.34. The molecule has 3 aromatic rings. The quantitative estimate of drug-likeness (QED) is 0.651. The van der Waals surface area contributed by atoms with E-state index in [1.165, 1.54) is 16.8 Å². The Bertz CT molecular complexity index is 952. The molecule has 0 saturated carbocycles. The molecule has 150 valence electrons. The summed E-state index contributed by atoms with van der Waals surface area (Å²) in [5.41, 5.74) is 5.38. The van der Waals surface area contributed by atoms with Crippen molar-refractivity contribution in [3.05, 3.63) is 82.9 Å². The van der Waals surface area contributed by atoms with E-state index in [1.54, 1.807) is 7.05 Å². The Morgan fingerprint density at radius 2 is 1.93 bits per heavy atom. The van der Waals surface area contributed by atoms with Crippen molar-refractivity contribution in [1.29, 1.82) is 0 Å². The molecule has 2 N–H and O–H groups in total. The third kappa shape index (κ3) is 4.54. The Balaban J connectivity index is 1.49. The van der Waals surface area contributed by atoms with Gasteiger partial charge in [-0.05, 0) is 48.9 Å². The second-order valence-electron chi connectivity index (χ2n) is 7.49. The van der Waals surface area contributed by atoms with Crippen LogP contribution in [0.25, 0.3) is 0 Å². The first-order chi connectivity index (χ1) is 14.2. The highest BCUT2D eigenvalue weighted by Crippen LogP contribution is 2.25. The van der Waals surface area contributed by atoms with Gasteiger partial charge in [-0.15, -0.1) is 0 Å². The van der Waals surface area contributed by atoms with Gasteiger partial charge in [0, 0.05) is 49.8 Å². The molecule has 1 amide bonds. The van der Waals surface area contributed by atoms with Crippen molar-refractivity contribution in [2.75, 3.05) is 7.05 Å². The predicted molar refractivity (Wildman–Crippen MR) is 113 cm³/mol. The molecule has 29 heavy (non-hydrogen) atoms. The van der Waals surface area contributed by atoms with Crippen LogP contribution in [0.1, 0.15) is 39.3 Å². The number of hydrogen-bond acceptors (Lipinski definition) is 4. The van der Waals surface area contributed by atoms with Gasteiger partial charge in [-0.1, -0.05) is 30.3 Å². The maximum Gasteiger partial charge on any atom is 0.271 e. The molecule has 2 heterocycles. The SMILES string of the molecule is CNC(=O)c1nn(CCc2ccccc2)c2c1CC(NCc1ccncc1)CC2. The van der Waals surface area contributed by atoms with Gasteiger partial charge in [0.1, 0.15) is 0 Å². The van der Waals surface area contributed by atoms with Crippen molar-refractivity contribution in [2.24, 2.45) is 0 Å². The van der Waals surface area contributed by atoms with Crippen LogP contribution in [-0.4, -0.2) is 33.8 Å². The average Bonchev–Trinajstić information content (AvgIpc) is 3.15. The number of carbonyl (C=O) groups excluding carboxylic acids is 1. The number of aromatic nitrogens is 3. The molecule has 6 nitrogen and oxygen atoms in total. The van der Waals surface area contributed by atoms with Crippen LogP contribution in [-0.2, 0) is 32.4 Å². The van der Waals surface area contributed by atoms with Gasteiger partial charge in [0.25, 0.3) is 5.91 Å². The van der Waals surface area contributed by atoms with E-state index < -0.39 is 0 Å². The van der Waals surface area contributed by atoms with Crippen LogP contribution in [0.4, 0.5) is 0 Å². The van der Waals surface area contributed by atoms with Gasteiger partial charge in [-0.2, -0.15) is 5.10 Å². The lowest BCUT2D eigenvalue weighted by molar-refractivity contribution is 0.0956. The standard InChI is InChI=1S/C23H27N5O/c1-24-23(29)22-20-15-19(26-16-18-9-12-25-13-10-18)7-8-21(20)28(27-22)14-11-17-5-3-2-4-6-17/h2-6,9-10,12-13,19,26H,7-8,11,14-16H2,1H3,(H,24,29). The third-order valence-corrected chi connectivity index (χ3v) is 5.59. The van der Waals surface area contributed by atoms with Crippen LogP contribution >= 0.6 is 0 Å². The van der Waals surface area contributed by atoms with Gasteiger partial charge in [0.15, 0.2) is 5.69 Å². The zero-order valence-electron chi connectivity index (χ0n) is 16.8. The molecule has 2 aromatic heterocycles. The van der Waals surface area contributed by atoms with E-state index >= 15 is 0 Å². The van der Waals surface area contributed by atoms with E-state index in [-0.39, 0.29) is 5.91 Å². The summed E-state index contributed by atoms with van der Waals surface area (Å²) in [6, 6.07) is 14.8. The first-order valence-corrected chi connectivity index (χ1v) is 10.2. The van der Waals surface area contributed by atoms with Crippen LogP contribution in [0.2, 0.25) is 0 Å². The van der Waals surface area contributed by atoms with E-state index in [1.807, 2.05) is 35.3 Å². The molecule has 1 atom stereocenters. The average molecular weight is 390 g/mol. The number of benzene rings is 1. The Labute approximate surface area is 171 Å². The number of nitrogens with one attached hydrogen (secondary N) is 2. The van der Waals surface area contributed by atoms with Crippen LogP contribution in [0.5, 0.6) is 0 Å². The number of amides is 1. The van der Waals surface area contributed by atoms with E-state index in [0.29, 0.717) is 11.7 Å². The van der Waals surface area contributed by atoms with Crippen molar-refractivity contribution in [1.82, 2.24) is 25.4 Å². The van der Waals surface area contributed by atoms with E-state index in [9.17, 15) is 4.79 Å². The second kappa shape index (κ2) is 9.01. The van der Waals surface area contributed by atoms with Gasteiger partial charge in [-0.3, -0.25) is 14.5 Å². The summed E-state index contributed by atoms with van der Waals surface area (Å²) >= 11 is 0. The van der Waals surface area contributed by atoms with Gasteiger partial charge in [0.2, 0.25) is 0 Å². The normalized spacial score (nSPS) is 15.7. The van der Waals surface area contributed by atoms with Gasteiger partial charge < -0.3 is 10.6 Å². The van der Waals surface area contributed by atoms with Crippen molar-refractivity contribution in [2.45, 2.75) is 44.8 Å². The van der Waals surface area contributed by atoms with Crippen molar-refractivity contribution >= 4 is 5.91 Å². The Morgan fingerprint density at radius 3 is 2.69 bits per heavy atom. The number of hydrogen-bond donors (Lipinski definition) is 2. The molecule has 0 radical (unpaired) electrons. The molecule has 4 rings (SSSR count). The highest BCUT2D eigenvalue weighted by molar-refractivity contribution is 5.93. The molecular formula is C23H27N5O. The van der Waals surface area contributed by atoms with Gasteiger partial charge in [-0.25, -0.2) is 0 Å². The maximum atomic E-state index is 12.4. The highest BCUT2D eigenvalue weighted by Gasteiger charge is 2.28. The third-order valence-electron chi connectivity index (χ3n) is 5.59. The van der Waals surface area contributed by atoms with Crippen LogP contribution in [0, 0.1) is 0 Å². The fourth-order valence-corrected chi connectivity index (χ4v) is 3.99. The molecule has 0 aliphatic heterocycles. The number of nitrogens with zero attached hydrogens (tertiary/aromatic N) is 3. The molecule has 1 aliphatic rings. The predicted octanol–water partition coefficient (Wildman–Crippen LogP) is 2.53. The minimum atomic E-state index is -0.102. The smallest absolute Gasteiger partial charge is 0.271 e. The number of fused-ring (bicyclic) bond motifs is 1. The summed E-state index contributed by atoms with van der Waals surface area (Å²) in [4.78, 5) is 16.5. The molecule has 1 aliphatic carbocycles. The molecule has 0 spiro atoms. The summed E-state index contributed by atoms with van der Waals surface area (Å²) in [6.45, 7) is 1.60. The molecule has 0 saturated heterocycles. The van der Waals surface area contributed by atoms with E-state index in [2.05, 4.69) is 39.9 Å². The zero-order valence-corrected chi connectivity index (χ0v) is 16.8. The molecular weight excluding hydrogens is 362 g/mol. The first kappa shape index (κ1) is 19.3. The Hall–Kier alpha value is -2.99. The number of pyridine rings is 1. The van der Waals surface area contributed by atoms with E-state index in [0.717, 1.165) is 44.3 Å². The fraction of sp³-hybridized carbons (Fsp3) is 0.348. The first-order valence-electron chi connectivity index (χ1n) is 10.2. The Morgan fingerprint density at radius 1 is 1.14 bits per heavy atom.